The highest BCUT2D eigenvalue weighted by Gasteiger charge is 2.32. The molecule has 1 N–H and O–H groups in total. The summed E-state index contributed by atoms with van der Waals surface area (Å²) in [5, 5.41) is 2.78. The molecule has 1 aliphatic rings. The van der Waals surface area contributed by atoms with E-state index in [0.29, 0.717) is 22.9 Å². The van der Waals surface area contributed by atoms with E-state index >= 15 is 0 Å². The number of nitrogens with zero attached hydrogens (tertiary/aromatic N) is 1. The van der Waals surface area contributed by atoms with Crippen molar-refractivity contribution in [3.8, 4) is 11.5 Å². The molecular weight excluding hydrogens is 308 g/mol. The number of anilines is 2. The fraction of sp³-hybridized carbons (Fsp3) is 0.222. The van der Waals surface area contributed by atoms with Crippen molar-refractivity contribution >= 4 is 23.2 Å². The summed E-state index contributed by atoms with van der Waals surface area (Å²) in [6.07, 6.45) is -0.617. The topological polar surface area (TPSA) is 67.9 Å². The first-order chi connectivity index (χ1) is 11.6. The summed E-state index contributed by atoms with van der Waals surface area (Å²) in [7, 11) is 1.58. The summed E-state index contributed by atoms with van der Waals surface area (Å²) in [6.45, 7) is 1.60. The van der Waals surface area contributed by atoms with Crippen LogP contribution in [0.25, 0.3) is 0 Å². The van der Waals surface area contributed by atoms with Crippen molar-refractivity contribution in [3.05, 3.63) is 48.5 Å². The monoisotopic (exact) mass is 326 g/mol. The molecule has 1 atom stereocenters. The van der Waals surface area contributed by atoms with Gasteiger partial charge in [-0.3, -0.25) is 14.5 Å². The number of carbonyl (C=O) groups is 2. The van der Waals surface area contributed by atoms with Gasteiger partial charge in [-0.15, -0.1) is 0 Å². The van der Waals surface area contributed by atoms with Crippen molar-refractivity contribution < 1.29 is 19.1 Å². The van der Waals surface area contributed by atoms with Crippen LogP contribution in [-0.2, 0) is 9.59 Å². The number of benzene rings is 2. The van der Waals surface area contributed by atoms with Gasteiger partial charge >= 0.3 is 0 Å². The predicted molar refractivity (Wildman–Crippen MR) is 90.5 cm³/mol. The van der Waals surface area contributed by atoms with E-state index < -0.39 is 6.10 Å². The molecule has 1 heterocycles. The highest BCUT2D eigenvalue weighted by atomic mass is 16.5. The zero-order valence-electron chi connectivity index (χ0n) is 13.5. The largest absolute Gasteiger partial charge is 0.497 e. The molecule has 6 heteroatoms. The predicted octanol–water partition coefficient (Wildman–Crippen LogP) is 2.45. The van der Waals surface area contributed by atoms with Crippen LogP contribution in [0.2, 0.25) is 0 Å². The van der Waals surface area contributed by atoms with Gasteiger partial charge < -0.3 is 14.8 Å². The summed E-state index contributed by atoms with van der Waals surface area (Å²) >= 11 is 0. The lowest BCUT2D eigenvalue weighted by Crippen LogP contribution is -2.47. The third-order valence-electron chi connectivity index (χ3n) is 3.75. The van der Waals surface area contributed by atoms with Crippen LogP contribution in [0.5, 0.6) is 11.5 Å². The number of hydrogen-bond acceptors (Lipinski definition) is 4. The van der Waals surface area contributed by atoms with Gasteiger partial charge in [0.15, 0.2) is 6.10 Å². The average molecular weight is 326 g/mol. The average Bonchev–Trinajstić information content (AvgIpc) is 2.59. The van der Waals surface area contributed by atoms with E-state index in [4.69, 9.17) is 9.47 Å². The van der Waals surface area contributed by atoms with Crippen molar-refractivity contribution in [2.45, 2.75) is 13.0 Å². The van der Waals surface area contributed by atoms with E-state index in [1.165, 1.54) is 4.90 Å². The summed E-state index contributed by atoms with van der Waals surface area (Å²) in [4.78, 5) is 26.1. The van der Waals surface area contributed by atoms with E-state index in [1.54, 1.807) is 56.5 Å². The van der Waals surface area contributed by atoms with E-state index in [0.717, 1.165) is 0 Å². The Hall–Kier alpha value is -3.02. The molecule has 0 bridgehead atoms. The van der Waals surface area contributed by atoms with Gasteiger partial charge in [-0.25, -0.2) is 0 Å². The second kappa shape index (κ2) is 6.62. The van der Waals surface area contributed by atoms with Gasteiger partial charge in [0.2, 0.25) is 5.91 Å². The van der Waals surface area contributed by atoms with Crippen molar-refractivity contribution in [2.75, 3.05) is 23.9 Å². The number of carbonyl (C=O) groups excluding carboxylic acids is 2. The van der Waals surface area contributed by atoms with Crippen LogP contribution < -0.4 is 19.7 Å². The number of amides is 2. The molecule has 0 radical (unpaired) electrons. The van der Waals surface area contributed by atoms with Gasteiger partial charge in [0.25, 0.3) is 5.91 Å². The Balaban J connectivity index is 1.74. The highest BCUT2D eigenvalue weighted by molar-refractivity contribution is 6.06. The number of fused-ring (bicyclic) bond motifs is 1. The lowest BCUT2D eigenvalue weighted by Gasteiger charge is -2.32. The van der Waals surface area contributed by atoms with E-state index in [9.17, 15) is 9.59 Å². The van der Waals surface area contributed by atoms with Gasteiger partial charge in [0.1, 0.15) is 18.0 Å². The molecule has 0 unspecified atom stereocenters. The summed E-state index contributed by atoms with van der Waals surface area (Å²) in [6, 6.07) is 14.2. The number of ether oxygens (including phenoxy) is 2. The van der Waals surface area contributed by atoms with Gasteiger partial charge in [0.05, 0.1) is 12.8 Å². The first-order valence-corrected chi connectivity index (χ1v) is 7.59. The van der Waals surface area contributed by atoms with E-state index in [2.05, 4.69) is 5.32 Å². The number of nitrogens with one attached hydrogen (secondary N) is 1. The van der Waals surface area contributed by atoms with E-state index in [1.807, 2.05) is 6.07 Å². The molecule has 2 amide bonds. The van der Waals surface area contributed by atoms with Crippen LogP contribution in [-0.4, -0.2) is 31.6 Å². The lowest BCUT2D eigenvalue weighted by molar-refractivity contribution is -0.127. The third-order valence-corrected chi connectivity index (χ3v) is 3.75. The second-order valence-electron chi connectivity index (χ2n) is 5.43. The fourth-order valence-electron chi connectivity index (χ4n) is 2.54. The Morgan fingerprint density at radius 3 is 2.62 bits per heavy atom. The van der Waals surface area contributed by atoms with Crippen LogP contribution in [0.15, 0.2) is 48.5 Å². The fourth-order valence-corrected chi connectivity index (χ4v) is 2.54. The molecule has 6 nitrogen and oxygen atoms in total. The maximum Gasteiger partial charge on any atom is 0.268 e. The molecule has 1 aliphatic heterocycles. The molecule has 0 aliphatic carbocycles. The SMILES string of the molecule is COc1ccc(NC(=O)CN2C(=O)[C@@H](C)Oc3ccccc32)cc1. The molecule has 0 saturated heterocycles. The minimum absolute atomic E-state index is 0.0738. The second-order valence-corrected chi connectivity index (χ2v) is 5.43. The standard InChI is InChI=1S/C18H18N2O4/c1-12-18(22)20(15-5-3-4-6-16(15)24-12)11-17(21)19-13-7-9-14(23-2)10-8-13/h3-10,12H,11H2,1-2H3,(H,19,21)/t12-/m1/s1. The van der Waals surface area contributed by atoms with Gasteiger partial charge in [-0.1, -0.05) is 12.1 Å². The lowest BCUT2D eigenvalue weighted by atomic mass is 10.2. The van der Waals surface area contributed by atoms with Gasteiger partial charge in [-0.05, 0) is 43.3 Å². The minimum Gasteiger partial charge on any atom is -0.497 e. The van der Waals surface area contributed by atoms with Crippen LogP contribution in [0.3, 0.4) is 0 Å². The van der Waals surface area contributed by atoms with Crippen LogP contribution >= 0.6 is 0 Å². The number of rotatable bonds is 4. The molecule has 3 rings (SSSR count). The van der Waals surface area contributed by atoms with Crippen LogP contribution in [0, 0.1) is 0 Å². The zero-order valence-corrected chi connectivity index (χ0v) is 13.5. The maximum atomic E-state index is 12.4. The maximum absolute atomic E-state index is 12.4. The van der Waals surface area contributed by atoms with Crippen molar-refractivity contribution in [3.63, 3.8) is 0 Å². The molecular formula is C18H18N2O4. The quantitative estimate of drug-likeness (QED) is 0.937. The molecule has 24 heavy (non-hydrogen) atoms. The van der Waals surface area contributed by atoms with Crippen LogP contribution in [0.1, 0.15) is 6.92 Å². The Morgan fingerprint density at radius 2 is 1.92 bits per heavy atom. The summed E-state index contributed by atoms with van der Waals surface area (Å²) < 4.78 is 10.6. The van der Waals surface area contributed by atoms with Gasteiger partial charge in [0, 0.05) is 5.69 Å². The normalized spacial score (nSPS) is 16.2. The number of methoxy groups -OCH3 is 1. The number of para-hydroxylation sites is 2. The Bertz CT molecular complexity index is 758. The highest BCUT2D eigenvalue weighted by Crippen LogP contribution is 2.33. The molecule has 0 fully saturated rings. The summed E-state index contributed by atoms with van der Waals surface area (Å²) in [5.41, 5.74) is 1.24. The zero-order chi connectivity index (χ0) is 17.1. The molecule has 0 spiro atoms. The molecule has 0 saturated carbocycles. The molecule has 2 aromatic rings. The van der Waals surface area contributed by atoms with Crippen molar-refractivity contribution in [2.24, 2.45) is 0 Å². The Kier molecular flexibility index (Phi) is 4.37. The van der Waals surface area contributed by atoms with Crippen molar-refractivity contribution in [1.82, 2.24) is 0 Å². The molecule has 124 valence electrons. The number of hydrogen-bond donors (Lipinski definition) is 1. The smallest absolute Gasteiger partial charge is 0.268 e. The van der Waals surface area contributed by atoms with Crippen LogP contribution in [0.4, 0.5) is 11.4 Å². The molecule has 2 aromatic carbocycles. The van der Waals surface area contributed by atoms with Crippen molar-refractivity contribution in [1.29, 1.82) is 0 Å². The first kappa shape index (κ1) is 15.9. The first-order valence-electron chi connectivity index (χ1n) is 7.59. The Morgan fingerprint density at radius 1 is 1.21 bits per heavy atom. The van der Waals surface area contributed by atoms with Gasteiger partial charge in [-0.2, -0.15) is 0 Å². The third kappa shape index (κ3) is 3.17. The van der Waals surface area contributed by atoms with E-state index in [-0.39, 0.29) is 18.4 Å². The Labute approximate surface area is 140 Å². The molecule has 0 aromatic heterocycles. The summed E-state index contributed by atoms with van der Waals surface area (Å²) in [5.74, 6) is 0.789. The minimum atomic E-state index is -0.617.